The molecule has 1 saturated heterocycles. The highest BCUT2D eigenvalue weighted by Crippen LogP contribution is 2.41. The van der Waals surface area contributed by atoms with E-state index in [1.807, 2.05) is 13.0 Å². The Morgan fingerprint density at radius 2 is 2.25 bits per heavy atom. The molecule has 1 unspecified atom stereocenters. The van der Waals surface area contributed by atoms with Crippen LogP contribution in [0.3, 0.4) is 0 Å². The molecule has 20 heavy (non-hydrogen) atoms. The van der Waals surface area contributed by atoms with Gasteiger partial charge in [-0.3, -0.25) is 0 Å². The van der Waals surface area contributed by atoms with E-state index in [-0.39, 0.29) is 11.4 Å². The van der Waals surface area contributed by atoms with Crippen LogP contribution in [0.5, 0.6) is 5.75 Å². The standard InChI is InChI=1S/C16H23FN2O/c1-3-20-15-7-6-13(10-14(15)17)19-9-8-18-16(2,11-19)12-4-5-12/h6-7,10,12,18H,3-5,8-9,11H2,1-2H3. The van der Waals surface area contributed by atoms with E-state index in [1.165, 1.54) is 12.8 Å². The molecule has 1 aromatic carbocycles. The van der Waals surface area contributed by atoms with E-state index in [0.29, 0.717) is 12.4 Å². The highest BCUT2D eigenvalue weighted by molar-refractivity contribution is 5.51. The molecule has 1 aromatic rings. The first-order valence-electron chi connectivity index (χ1n) is 7.55. The van der Waals surface area contributed by atoms with Crippen LogP contribution in [0, 0.1) is 11.7 Å². The van der Waals surface area contributed by atoms with E-state index in [9.17, 15) is 4.39 Å². The minimum atomic E-state index is -0.268. The van der Waals surface area contributed by atoms with Crippen LogP contribution in [0.1, 0.15) is 26.7 Å². The summed E-state index contributed by atoms with van der Waals surface area (Å²) in [4.78, 5) is 2.29. The van der Waals surface area contributed by atoms with Gasteiger partial charge in [0.2, 0.25) is 0 Å². The average Bonchev–Trinajstić information content (AvgIpc) is 3.26. The normalized spacial score (nSPS) is 26.6. The highest BCUT2D eigenvalue weighted by atomic mass is 19.1. The van der Waals surface area contributed by atoms with Crippen LogP contribution in [0.2, 0.25) is 0 Å². The summed E-state index contributed by atoms with van der Waals surface area (Å²) in [6, 6.07) is 5.31. The Kier molecular flexibility index (Phi) is 3.59. The molecule has 0 spiro atoms. The lowest BCUT2D eigenvalue weighted by Crippen LogP contribution is -2.60. The van der Waals surface area contributed by atoms with E-state index < -0.39 is 0 Å². The number of anilines is 1. The molecule has 4 heteroatoms. The predicted molar refractivity (Wildman–Crippen MR) is 78.9 cm³/mol. The summed E-state index contributed by atoms with van der Waals surface area (Å²) in [6.07, 6.45) is 2.63. The molecule has 2 aliphatic rings. The maximum atomic E-state index is 14.0. The third kappa shape index (κ3) is 2.62. The molecule has 1 heterocycles. The molecule has 1 atom stereocenters. The number of ether oxygens (including phenoxy) is 1. The van der Waals surface area contributed by atoms with Crippen LogP contribution in [0.15, 0.2) is 18.2 Å². The fourth-order valence-electron chi connectivity index (χ4n) is 3.18. The number of halogens is 1. The fraction of sp³-hybridized carbons (Fsp3) is 0.625. The molecule has 3 rings (SSSR count). The number of piperazine rings is 1. The van der Waals surface area contributed by atoms with Gasteiger partial charge in [0.25, 0.3) is 0 Å². The zero-order valence-corrected chi connectivity index (χ0v) is 12.3. The van der Waals surface area contributed by atoms with Gasteiger partial charge >= 0.3 is 0 Å². The summed E-state index contributed by atoms with van der Waals surface area (Å²) < 4.78 is 19.3. The summed E-state index contributed by atoms with van der Waals surface area (Å²) in [5.41, 5.74) is 1.13. The fourth-order valence-corrected chi connectivity index (χ4v) is 3.18. The lowest BCUT2D eigenvalue weighted by Gasteiger charge is -2.43. The van der Waals surface area contributed by atoms with Gasteiger partial charge in [-0.1, -0.05) is 0 Å². The third-order valence-corrected chi connectivity index (χ3v) is 4.49. The van der Waals surface area contributed by atoms with Crippen molar-refractivity contribution in [1.82, 2.24) is 5.32 Å². The lowest BCUT2D eigenvalue weighted by molar-refractivity contribution is 0.285. The summed E-state index contributed by atoms with van der Waals surface area (Å²) in [6.45, 7) is 7.48. The largest absolute Gasteiger partial charge is 0.491 e. The van der Waals surface area contributed by atoms with Crippen molar-refractivity contribution >= 4 is 5.69 Å². The second-order valence-electron chi connectivity index (χ2n) is 6.09. The van der Waals surface area contributed by atoms with Crippen molar-refractivity contribution in [2.75, 3.05) is 31.1 Å². The SMILES string of the molecule is CCOc1ccc(N2CCNC(C)(C3CC3)C2)cc1F. The first-order valence-corrected chi connectivity index (χ1v) is 7.55. The molecule has 0 bridgehead atoms. The Hall–Kier alpha value is -1.29. The molecule has 1 aliphatic heterocycles. The van der Waals surface area contributed by atoms with Crippen LogP contribution in [-0.2, 0) is 0 Å². The zero-order chi connectivity index (χ0) is 14.2. The van der Waals surface area contributed by atoms with Crippen LogP contribution in [-0.4, -0.2) is 31.8 Å². The van der Waals surface area contributed by atoms with Crippen LogP contribution in [0.25, 0.3) is 0 Å². The van der Waals surface area contributed by atoms with Crippen molar-refractivity contribution in [3.05, 3.63) is 24.0 Å². The summed E-state index contributed by atoms with van der Waals surface area (Å²) in [5, 5.41) is 3.64. The highest BCUT2D eigenvalue weighted by Gasteiger charge is 2.43. The number of nitrogens with zero attached hydrogens (tertiary/aromatic N) is 1. The van der Waals surface area contributed by atoms with E-state index in [4.69, 9.17) is 4.74 Å². The monoisotopic (exact) mass is 278 g/mol. The maximum Gasteiger partial charge on any atom is 0.167 e. The first-order chi connectivity index (χ1) is 9.62. The van der Waals surface area contributed by atoms with Gasteiger partial charge in [0, 0.05) is 36.9 Å². The number of nitrogens with one attached hydrogen (secondary N) is 1. The van der Waals surface area contributed by atoms with Gasteiger partial charge in [-0.05, 0) is 44.7 Å². The molecule has 2 fully saturated rings. The van der Waals surface area contributed by atoms with Gasteiger partial charge in [-0.25, -0.2) is 4.39 Å². The van der Waals surface area contributed by atoms with Gasteiger partial charge in [-0.15, -0.1) is 0 Å². The number of rotatable bonds is 4. The summed E-state index contributed by atoms with van der Waals surface area (Å²) in [7, 11) is 0. The average molecular weight is 278 g/mol. The van der Waals surface area contributed by atoms with Gasteiger partial charge in [0.1, 0.15) is 0 Å². The molecule has 0 radical (unpaired) electrons. The summed E-state index contributed by atoms with van der Waals surface area (Å²) >= 11 is 0. The molecule has 1 N–H and O–H groups in total. The van der Waals surface area contributed by atoms with Crippen molar-refractivity contribution in [1.29, 1.82) is 0 Å². The lowest BCUT2D eigenvalue weighted by atomic mass is 9.92. The number of benzene rings is 1. The van der Waals surface area contributed by atoms with Gasteiger partial charge in [0.05, 0.1) is 6.61 Å². The second-order valence-corrected chi connectivity index (χ2v) is 6.09. The Morgan fingerprint density at radius 3 is 2.90 bits per heavy atom. The quantitative estimate of drug-likeness (QED) is 0.916. The van der Waals surface area contributed by atoms with E-state index >= 15 is 0 Å². The topological polar surface area (TPSA) is 24.5 Å². The second kappa shape index (κ2) is 5.24. The molecule has 1 saturated carbocycles. The van der Waals surface area contributed by atoms with Crippen molar-refractivity contribution in [3.63, 3.8) is 0 Å². The van der Waals surface area contributed by atoms with E-state index in [2.05, 4.69) is 17.1 Å². The molecular weight excluding hydrogens is 255 g/mol. The van der Waals surface area contributed by atoms with Crippen molar-refractivity contribution in [2.24, 2.45) is 5.92 Å². The van der Waals surface area contributed by atoms with E-state index in [0.717, 1.165) is 31.2 Å². The molecule has 1 aliphatic carbocycles. The van der Waals surface area contributed by atoms with Crippen LogP contribution < -0.4 is 15.0 Å². The minimum absolute atomic E-state index is 0.174. The first kappa shape index (κ1) is 13.7. The molecule has 3 nitrogen and oxygen atoms in total. The number of hydrogen-bond acceptors (Lipinski definition) is 3. The maximum absolute atomic E-state index is 14.0. The van der Waals surface area contributed by atoms with Gasteiger partial charge < -0.3 is 15.0 Å². The number of hydrogen-bond donors (Lipinski definition) is 1. The Morgan fingerprint density at radius 1 is 1.45 bits per heavy atom. The van der Waals surface area contributed by atoms with Gasteiger partial charge in [-0.2, -0.15) is 0 Å². The Balaban J connectivity index is 1.76. The molecule has 110 valence electrons. The van der Waals surface area contributed by atoms with Crippen molar-refractivity contribution < 1.29 is 9.13 Å². The zero-order valence-electron chi connectivity index (χ0n) is 12.3. The van der Waals surface area contributed by atoms with Crippen molar-refractivity contribution in [2.45, 2.75) is 32.2 Å². The Bertz CT molecular complexity index is 489. The van der Waals surface area contributed by atoms with E-state index in [1.54, 1.807) is 12.1 Å². The molecule has 0 aromatic heterocycles. The molecule has 0 amide bonds. The predicted octanol–water partition coefficient (Wildman–Crippen LogP) is 2.80. The van der Waals surface area contributed by atoms with Gasteiger partial charge in [0.15, 0.2) is 11.6 Å². The van der Waals surface area contributed by atoms with Crippen molar-refractivity contribution in [3.8, 4) is 5.75 Å². The minimum Gasteiger partial charge on any atom is -0.491 e. The third-order valence-electron chi connectivity index (χ3n) is 4.49. The Labute approximate surface area is 120 Å². The van der Waals surface area contributed by atoms with Crippen LogP contribution in [0.4, 0.5) is 10.1 Å². The van der Waals surface area contributed by atoms with Crippen LogP contribution >= 0.6 is 0 Å². The summed E-state index contributed by atoms with van der Waals surface area (Å²) in [5.74, 6) is 0.852. The molecular formula is C16H23FN2O. The smallest absolute Gasteiger partial charge is 0.167 e.